The molecule has 15 heavy (non-hydrogen) atoms. The van der Waals surface area contributed by atoms with Crippen LogP contribution >= 0.6 is 31.9 Å². The van der Waals surface area contributed by atoms with Gasteiger partial charge in [0.1, 0.15) is 5.75 Å². The normalized spacial score (nSPS) is 12.2. The molecule has 1 atom stereocenters. The molecular formula is C11H12Br2O2. The largest absolute Gasteiger partial charge is 0.494 e. The monoisotopic (exact) mass is 334 g/mol. The molecule has 0 bridgehead atoms. The second-order valence-corrected chi connectivity index (χ2v) is 4.70. The van der Waals surface area contributed by atoms with Crippen LogP contribution in [0.3, 0.4) is 0 Å². The van der Waals surface area contributed by atoms with Gasteiger partial charge >= 0.3 is 0 Å². The second-order valence-electron chi connectivity index (χ2n) is 2.94. The summed E-state index contributed by atoms with van der Waals surface area (Å²) in [6, 6.07) is 7.18. The number of Topliss-reactive ketones (excluding diaryl/α,β-unsaturated/α-hetero) is 1. The number of hydrogen-bond donors (Lipinski definition) is 0. The third-order valence-electron chi connectivity index (χ3n) is 1.87. The van der Waals surface area contributed by atoms with E-state index >= 15 is 0 Å². The summed E-state index contributed by atoms with van der Waals surface area (Å²) in [5.74, 6) is 0.869. The number of alkyl halides is 2. The summed E-state index contributed by atoms with van der Waals surface area (Å²) in [6.45, 7) is 2.56. The van der Waals surface area contributed by atoms with Crippen molar-refractivity contribution in [3.8, 4) is 5.75 Å². The van der Waals surface area contributed by atoms with E-state index in [9.17, 15) is 4.79 Å². The predicted molar refractivity (Wildman–Crippen MR) is 68.5 cm³/mol. The molecule has 2 nitrogen and oxygen atoms in total. The number of carbonyl (C=O) groups excluding carboxylic acids is 1. The van der Waals surface area contributed by atoms with Crippen LogP contribution in [0.25, 0.3) is 0 Å². The minimum Gasteiger partial charge on any atom is -0.494 e. The van der Waals surface area contributed by atoms with Crippen LogP contribution in [-0.2, 0) is 0 Å². The van der Waals surface area contributed by atoms with Crippen molar-refractivity contribution in [3.05, 3.63) is 29.8 Å². The van der Waals surface area contributed by atoms with Crippen molar-refractivity contribution in [1.29, 1.82) is 0 Å². The van der Waals surface area contributed by atoms with Gasteiger partial charge in [-0.1, -0.05) is 31.9 Å². The van der Waals surface area contributed by atoms with Crippen LogP contribution in [0.2, 0.25) is 0 Å². The van der Waals surface area contributed by atoms with Crippen molar-refractivity contribution in [1.82, 2.24) is 0 Å². The summed E-state index contributed by atoms with van der Waals surface area (Å²) in [7, 11) is 0. The molecule has 82 valence electrons. The van der Waals surface area contributed by atoms with Crippen LogP contribution in [-0.4, -0.2) is 22.5 Å². The molecule has 1 aromatic rings. The number of rotatable bonds is 5. The summed E-state index contributed by atoms with van der Waals surface area (Å²) in [6.07, 6.45) is 0. The topological polar surface area (TPSA) is 26.3 Å². The molecule has 1 aromatic carbocycles. The fourth-order valence-corrected chi connectivity index (χ4v) is 1.69. The van der Waals surface area contributed by atoms with Crippen LogP contribution in [0.4, 0.5) is 0 Å². The standard InChI is InChI=1S/C11H12Br2O2/c1-2-15-9-5-3-8(4-6-9)11(14)10(13)7-12/h3-6,10H,2,7H2,1H3. The SMILES string of the molecule is CCOc1ccc(C(=O)C(Br)CBr)cc1. The number of halogens is 2. The maximum absolute atomic E-state index is 11.7. The lowest BCUT2D eigenvalue weighted by Crippen LogP contribution is -2.15. The number of hydrogen-bond acceptors (Lipinski definition) is 2. The molecule has 0 aliphatic heterocycles. The van der Waals surface area contributed by atoms with E-state index in [0.29, 0.717) is 17.5 Å². The van der Waals surface area contributed by atoms with Crippen molar-refractivity contribution < 1.29 is 9.53 Å². The smallest absolute Gasteiger partial charge is 0.177 e. The van der Waals surface area contributed by atoms with Crippen molar-refractivity contribution in [3.63, 3.8) is 0 Å². The number of ketones is 1. The summed E-state index contributed by atoms with van der Waals surface area (Å²) < 4.78 is 5.30. The molecule has 0 heterocycles. The zero-order chi connectivity index (χ0) is 11.3. The van der Waals surface area contributed by atoms with E-state index in [2.05, 4.69) is 31.9 Å². The maximum Gasteiger partial charge on any atom is 0.177 e. The zero-order valence-electron chi connectivity index (χ0n) is 8.37. The van der Waals surface area contributed by atoms with E-state index in [-0.39, 0.29) is 10.6 Å². The lowest BCUT2D eigenvalue weighted by molar-refractivity contribution is 0.0997. The highest BCUT2D eigenvalue weighted by atomic mass is 79.9. The first-order chi connectivity index (χ1) is 7.19. The molecule has 1 rings (SSSR count). The lowest BCUT2D eigenvalue weighted by Gasteiger charge is -2.06. The lowest BCUT2D eigenvalue weighted by atomic mass is 10.1. The van der Waals surface area contributed by atoms with Gasteiger partial charge in [-0.2, -0.15) is 0 Å². The van der Waals surface area contributed by atoms with Gasteiger partial charge in [0.2, 0.25) is 0 Å². The fourth-order valence-electron chi connectivity index (χ4n) is 1.13. The molecule has 4 heteroatoms. The van der Waals surface area contributed by atoms with Gasteiger partial charge < -0.3 is 4.74 Å². The summed E-state index contributed by atoms with van der Waals surface area (Å²) >= 11 is 6.56. The molecule has 0 spiro atoms. The minimum absolute atomic E-state index is 0.0786. The van der Waals surface area contributed by atoms with Crippen LogP contribution in [0.1, 0.15) is 17.3 Å². The van der Waals surface area contributed by atoms with Gasteiger partial charge in [0.25, 0.3) is 0 Å². The number of benzene rings is 1. The molecule has 0 aromatic heterocycles. The van der Waals surface area contributed by atoms with Gasteiger partial charge in [-0.25, -0.2) is 0 Å². The highest BCUT2D eigenvalue weighted by Gasteiger charge is 2.15. The van der Waals surface area contributed by atoms with Crippen LogP contribution in [0.5, 0.6) is 5.75 Å². The van der Waals surface area contributed by atoms with Crippen molar-refractivity contribution >= 4 is 37.6 Å². The van der Waals surface area contributed by atoms with Gasteiger partial charge in [0.15, 0.2) is 5.78 Å². The number of ether oxygens (including phenoxy) is 1. The molecule has 0 saturated carbocycles. The molecule has 0 aliphatic carbocycles. The summed E-state index contributed by atoms with van der Waals surface area (Å²) in [4.78, 5) is 11.6. The molecule has 0 fully saturated rings. The average molecular weight is 336 g/mol. The van der Waals surface area contributed by atoms with Gasteiger partial charge in [0.05, 0.1) is 11.4 Å². The second kappa shape index (κ2) is 6.28. The van der Waals surface area contributed by atoms with Gasteiger partial charge in [0, 0.05) is 10.9 Å². The average Bonchev–Trinajstić information content (AvgIpc) is 2.28. The third kappa shape index (κ3) is 3.61. The summed E-state index contributed by atoms with van der Waals surface area (Å²) in [5.41, 5.74) is 0.694. The Morgan fingerprint density at radius 1 is 1.40 bits per heavy atom. The van der Waals surface area contributed by atoms with Gasteiger partial charge in [-0.05, 0) is 31.2 Å². The first-order valence-electron chi connectivity index (χ1n) is 4.66. The van der Waals surface area contributed by atoms with E-state index < -0.39 is 0 Å². The van der Waals surface area contributed by atoms with Gasteiger partial charge in [-0.15, -0.1) is 0 Å². The molecule has 0 N–H and O–H groups in total. The van der Waals surface area contributed by atoms with Crippen molar-refractivity contribution in [2.75, 3.05) is 11.9 Å². The number of carbonyl (C=O) groups is 1. The Hall–Kier alpha value is -0.350. The van der Waals surface area contributed by atoms with E-state index in [4.69, 9.17) is 4.74 Å². The Bertz CT molecular complexity index is 322. The maximum atomic E-state index is 11.7. The molecule has 0 amide bonds. The van der Waals surface area contributed by atoms with E-state index in [1.807, 2.05) is 19.1 Å². The first-order valence-corrected chi connectivity index (χ1v) is 6.69. The zero-order valence-corrected chi connectivity index (χ0v) is 11.5. The predicted octanol–water partition coefficient (Wildman–Crippen LogP) is 3.43. The van der Waals surface area contributed by atoms with Crippen LogP contribution in [0.15, 0.2) is 24.3 Å². The Kier molecular flexibility index (Phi) is 5.32. The molecular weight excluding hydrogens is 324 g/mol. The molecule has 0 aliphatic rings. The highest BCUT2D eigenvalue weighted by Crippen LogP contribution is 2.16. The van der Waals surface area contributed by atoms with E-state index in [0.717, 1.165) is 5.75 Å². The quantitative estimate of drug-likeness (QED) is 0.608. The summed E-state index contributed by atoms with van der Waals surface area (Å²) in [5, 5.41) is 0.610. The van der Waals surface area contributed by atoms with Crippen LogP contribution < -0.4 is 4.74 Å². The first kappa shape index (κ1) is 12.7. The van der Waals surface area contributed by atoms with Crippen LogP contribution in [0, 0.1) is 0 Å². The van der Waals surface area contributed by atoms with Crippen molar-refractivity contribution in [2.24, 2.45) is 0 Å². The highest BCUT2D eigenvalue weighted by molar-refractivity contribution is 9.12. The van der Waals surface area contributed by atoms with Gasteiger partial charge in [-0.3, -0.25) is 4.79 Å². The Labute approximate surface area is 106 Å². The molecule has 1 unspecified atom stereocenters. The Morgan fingerprint density at radius 2 is 2.00 bits per heavy atom. The molecule has 0 radical (unpaired) electrons. The molecule has 0 saturated heterocycles. The van der Waals surface area contributed by atoms with E-state index in [1.54, 1.807) is 12.1 Å². The van der Waals surface area contributed by atoms with E-state index in [1.165, 1.54) is 0 Å². The Balaban J connectivity index is 2.75. The van der Waals surface area contributed by atoms with Crippen molar-refractivity contribution in [2.45, 2.75) is 11.8 Å². The Morgan fingerprint density at radius 3 is 2.47 bits per heavy atom. The minimum atomic E-state index is -0.171. The third-order valence-corrected chi connectivity index (χ3v) is 4.13. The fraction of sp³-hybridized carbons (Fsp3) is 0.364.